The average Bonchev–Trinajstić information content (AvgIpc) is 2.37. The first kappa shape index (κ1) is 13.8. The number of aromatic hydroxyl groups is 1. The fraction of sp³-hybridized carbons (Fsp3) is 0.333. The molecule has 0 saturated carbocycles. The van der Waals surface area contributed by atoms with E-state index in [2.05, 4.69) is 10.5 Å². The zero-order valence-corrected chi connectivity index (χ0v) is 10.3. The first-order chi connectivity index (χ1) is 8.44. The van der Waals surface area contributed by atoms with Gasteiger partial charge in [0, 0.05) is 0 Å². The second-order valence-electron chi connectivity index (χ2n) is 4.14. The van der Waals surface area contributed by atoms with Crippen molar-refractivity contribution in [3.05, 3.63) is 29.8 Å². The largest absolute Gasteiger partial charge is 0.507 e. The topological polar surface area (TPSA) is 108 Å². The number of para-hydroxylation sites is 1. The zero-order chi connectivity index (χ0) is 13.8. The van der Waals surface area contributed by atoms with Crippen molar-refractivity contribution in [2.45, 2.75) is 25.8 Å². The minimum atomic E-state index is -0.964. The third kappa shape index (κ3) is 2.71. The van der Waals surface area contributed by atoms with Crippen LogP contribution in [0.5, 0.6) is 5.75 Å². The molecule has 0 aromatic heterocycles. The predicted molar refractivity (Wildman–Crippen MR) is 67.7 cm³/mol. The quantitative estimate of drug-likeness (QED) is 0.277. The number of hydrogen-bond donors (Lipinski definition) is 4. The number of nitrogens with two attached hydrogens (primary N) is 1. The molecule has 0 radical (unpaired) electrons. The summed E-state index contributed by atoms with van der Waals surface area (Å²) in [4.78, 5) is 12.0. The van der Waals surface area contributed by atoms with Crippen LogP contribution in [0.3, 0.4) is 0 Å². The molecule has 0 fully saturated rings. The van der Waals surface area contributed by atoms with Crippen molar-refractivity contribution < 1.29 is 15.1 Å². The summed E-state index contributed by atoms with van der Waals surface area (Å²) in [6.07, 6.45) is 0.447. The first-order valence-electron chi connectivity index (χ1n) is 5.53. The highest BCUT2D eigenvalue weighted by Gasteiger charge is 2.30. The Bertz CT molecular complexity index is 473. The summed E-state index contributed by atoms with van der Waals surface area (Å²) in [7, 11) is 0. The molecule has 1 atom stereocenters. The molecule has 0 bridgehead atoms. The summed E-state index contributed by atoms with van der Waals surface area (Å²) >= 11 is 0. The molecule has 0 aliphatic heterocycles. The van der Waals surface area contributed by atoms with Gasteiger partial charge in [-0.2, -0.15) is 0 Å². The standard InChI is InChI=1S/C12H17N3O3/c1-3-12(2,11(13)15-18)14-10(17)8-6-4-5-7-9(8)16/h4-7,16,18H,3H2,1-2H3,(H2,13,15)(H,14,17). The number of rotatable bonds is 4. The smallest absolute Gasteiger partial charge is 0.255 e. The van der Waals surface area contributed by atoms with Crippen molar-refractivity contribution in [3.8, 4) is 5.75 Å². The minimum Gasteiger partial charge on any atom is -0.507 e. The minimum absolute atomic E-state index is 0.0891. The summed E-state index contributed by atoms with van der Waals surface area (Å²) in [6, 6.07) is 6.17. The van der Waals surface area contributed by atoms with E-state index in [1.54, 1.807) is 26.0 Å². The van der Waals surface area contributed by atoms with Crippen molar-refractivity contribution in [2.75, 3.05) is 0 Å². The lowest BCUT2D eigenvalue weighted by Crippen LogP contribution is -2.55. The van der Waals surface area contributed by atoms with Gasteiger partial charge in [-0.3, -0.25) is 4.79 Å². The van der Waals surface area contributed by atoms with Crippen LogP contribution in [0.25, 0.3) is 0 Å². The molecule has 1 rings (SSSR count). The van der Waals surface area contributed by atoms with E-state index >= 15 is 0 Å². The molecule has 0 aliphatic rings. The van der Waals surface area contributed by atoms with Crippen molar-refractivity contribution in [1.82, 2.24) is 5.32 Å². The molecular formula is C12H17N3O3. The molecule has 0 aliphatic carbocycles. The average molecular weight is 251 g/mol. The van der Waals surface area contributed by atoms with Crippen LogP contribution < -0.4 is 11.1 Å². The maximum Gasteiger partial charge on any atom is 0.255 e. The Labute approximate surface area is 105 Å². The highest BCUT2D eigenvalue weighted by atomic mass is 16.4. The van der Waals surface area contributed by atoms with E-state index in [0.717, 1.165) is 0 Å². The fourth-order valence-corrected chi connectivity index (χ4v) is 1.43. The number of amides is 1. The van der Waals surface area contributed by atoms with Gasteiger partial charge in [-0.25, -0.2) is 0 Å². The number of nitrogens with zero attached hydrogens (tertiary/aromatic N) is 1. The van der Waals surface area contributed by atoms with Gasteiger partial charge in [0.05, 0.1) is 11.1 Å². The van der Waals surface area contributed by atoms with E-state index < -0.39 is 11.4 Å². The van der Waals surface area contributed by atoms with Crippen molar-refractivity contribution in [2.24, 2.45) is 10.9 Å². The monoisotopic (exact) mass is 251 g/mol. The Morgan fingerprint density at radius 1 is 1.50 bits per heavy atom. The Hall–Kier alpha value is -2.24. The van der Waals surface area contributed by atoms with Gasteiger partial charge >= 0.3 is 0 Å². The van der Waals surface area contributed by atoms with Crippen LogP contribution >= 0.6 is 0 Å². The molecule has 0 saturated heterocycles. The van der Waals surface area contributed by atoms with Crippen molar-refractivity contribution in [3.63, 3.8) is 0 Å². The number of oxime groups is 1. The highest BCUT2D eigenvalue weighted by molar-refractivity contribution is 6.01. The summed E-state index contributed by atoms with van der Waals surface area (Å²) in [6.45, 7) is 3.43. The van der Waals surface area contributed by atoms with Gasteiger partial charge < -0.3 is 21.4 Å². The molecule has 1 aromatic carbocycles. The van der Waals surface area contributed by atoms with Gasteiger partial charge in [0.15, 0.2) is 5.84 Å². The Balaban J connectivity index is 2.97. The number of nitrogens with one attached hydrogen (secondary N) is 1. The molecule has 18 heavy (non-hydrogen) atoms. The van der Waals surface area contributed by atoms with Crippen LogP contribution in [0.2, 0.25) is 0 Å². The molecule has 1 amide bonds. The molecule has 0 heterocycles. The third-order valence-electron chi connectivity index (χ3n) is 2.92. The number of amidine groups is 1. The van der Waals surface area contributed by atoms with Crippen LogP contribution in [0, 0.1) is 0 Å². The summed E-state index contributed by atoms with van der Waals surface area (Å²) in [5, 5.41) is 23.8. The van der Waals surface area contributed by atoms with E-state index in [1.807, 2.05) is 0 Å². The van der Waals surface area contributed by atoms with Gasteiger partial charge in [-0.15, -0.1) is 0 Å². The summed E-state index contributed by atoms with van der Waals surface area (Å²) < 4.78 is 0. The normalized spacial score (nSPS) is 14.9. The Kier molecular flexibility index (Phi) is 4.14. The molecule has 1 unspecified atom stereocenters. The number of phenolic OH excluding ortho intramolecular Hbond substituents is 1. The van der Waals surface area contributed by atoms with Crippen LogP contribution in [0.15, 0.2) is 29.4 Å². The number of carbonyl (C=O) groups is 1. The lowest BCUT2D eigenvalue weighted by molar-refractivity contribution is 0.0922. The summed E-state index contributed by atoms with van der Waals surface area (Å²) in [5.74, 6) is -0.689. The fourth-order valence-electron chi connectivity index (χ4n) is 1.43. The van der Waals surface area contributed by atoms with Gasteiger partial charge in [-0.05, 0) is 25.5 Å². The number of phenols is 1. The second-order valence-corrected chi connectivity index (χ2v) is 4.14. The number of hydrogen-bond acceptors (Lipinski definition) is 4. The lowest BCUT2D eigenvalue weighted by atomic mass is 9.96. The van der Waals surface area contributed by atoms with Crippen LogP contribution in [-0.4, -0.2) is 27.6 Å². The number of carbonyl (C=O) groups excluding carboxylic acids is 1. The molecule has 98 valence electrons. The van der Waals surface area contributed by atoms with Crippen LogP contribution in [0.1, 0.15) is 30.6 Å². The molecule has 0 spiro atoms. The zero-order valence-electron chi connectivity index (χ0n) is 10.3. The molecule has 1 aromatic rings. The molecule has 6 heteroatoms. The number of benzene rings is 1. The van der Waals surface area contributed by atoms with E-state index in [9.17, 15) is 9.90 Å². The van der Waals surface area contributed by atoms with Crippen LogP contribution in [0.4, 0.5) is 0 Å². The highest BCUT2D eigenvalue weighted by Crippen LogP contribution is 2.17. The SMILES string of the molecule is CCC(C)(NC(=O)c1ccccc1O)/C(N)=N/O. The lowest BCUT2D eigenvalue weighted by Gasteiger charge is -2.28. The van der Waals surface area contributed by atoms with E-state index in [4.69, 9.17) is 10.9 Å². The van der Waals surface area contributed by atoms with Crippen molar-refractivity contribution >= 4 is 11.7 Å². The Morgan fingerprint density at radius 3 is 2.61 bits per heavy atom. The van der Waals surface area contributed by atoms with E-state index in [1.165, 1.54) is 12.1 Å². The van der Waals surface area contributed by atoms with E-state index in [0.29, 0.717) is 6.42 Å². The maximum atomic E-state index is 12.0. The van der Waals surface area contributed by atoms with Gasteiger partial charge in [0.1, 0.15) is 5.75 Å². The molecule has 6 nitrogen and oxygen atoms in total. The van der Waals surface area contributed by atoms with Crippen molar-refractivity contribution in [1.29, 1.82) is 0 Å². The van der Waals surface area contributed by atoms with Gasteiger partial charge in [0.2, 0.25) is 0 Å². The van der Waals surface area contributed by atoms with E-state index in [-0.39, 0.29) is 17.1 Å². The summed E-state index contributed by atoms with van der Waals surface area (Å²) in [5.41, 5.74) is 4.73. The maximum absolute atomic E-state index is 12.0. The Morgan fingerprint density at radius 2 is 2.11 bits per heavy atom. The first-order valence-corrected chi connectivity index (χ1v) is 5.53. The second kappa shape index (κ2) is 5.39. The van der Waals surface area contributed by atoms with Crippen LogP contribution in [-0.2, 0) is 0 Å². The molecular weight excluding hydrogens is 234 g/mol. The third-order valence-corrected chi connectivity index (χ3v) is 2.92. The van der Waals surface area contributed by atoms with Gasteiger partial charge in [0.25, 0.3) is 5.91 Å². The molecule has 5 N–H and O–H groups in total. The predicted octanol–water partition coefficient (Wildman–Crippen LogP) is 1.04. The van der Waals surface area contributed by atoms with Gasteiger partial charge in [-0.1, -0.05) is 24.2 Å².